The molecule has 0 bridgehead atoms. The number of hydrazine groups is 1. The Balaban J connectivity index is 2.21. The van der Waals surface area contributed by atoms with E-state index in [0.717, 1.165) is 4.88 Å². The predicted molar refractivity (Wildman–Crippen MR) is 175 cm³/mol. The number of urea groups is 2. The Hall–Kier alpha value is -3.76. The Kier molecular flexibility index (Phi) is 17.0. The van der Waals surface area contributed by atoms with Crippen molar-refractivity contribution in [2.45, 2.75) is 64.9 Å². The standard InChI is InChI=1S/C31H49N7O7S/c1-20(2)25(35-30(44)32-13-16-39)28(42)34-27(22-9-6-5-7-10-22)24(41)12-15-38(19-23-11-8-18-46-23)37-29(43)26(21(3)4)36-31(45)33-14-17-40/h5-11,18,20-21,24-27,39-41H,12-17,19H2,1-4H3,(H,34,42)(H,37,43)(H2,32,35,44)(H2,33,36,45). The van der Waals surface area contributed by atoms with Crippen molar-refractivity contribution in [2.75, 3.05) is 32.8 Å². The Morgan fingerprint density at radius 3 is 1.85 bits per heavy atom. The van der Waals surface area contributed by atoms with Crippen LogP contribution in [0.15, 0.2) is 47.8 Å². The number of aliphatic hydroxyl groups is 3. The maximum atomic E-state index is 13.4. The first kappa shape index (κ1) is 38.4. The number of benzene rings is 1. The zero-order chi connectivity index (χ0) is 34.1. The number of carbonyl (C=O) groups is 4. The van der Waals surface area contributed by atoms with Crippen molar-refractivity contribution in [3.63, 3.8) is 0 Å². The molecule has 0 spiro atoms. The summed E-state index contributed by atoms with van der Waals surface area (Å²) in [6.45, 7) is 7.30. The number of carbonyl (C=O) groups excluding carboxylic acids is 4. The molecule has 1 aromatic heterocycles. The molecule has 14 nitrogen and oxygen atoms in total. The highest BCUT2D eigenvalue weighted by molar-refractivity contribution is 7.09. The fraction of sp³-hybridized carbons (Fsp3) is 0.548. The third-order valence-electron chi connectivity index (χ3n) is 7.00. The molecule has 6 amide bonds. The number of nitrogens with one attached hydrogen (secondary N) is 6. The van der Waals surface area contributed by atoms with Gasteiger partial charge in [-0.2, -0.15) is 0 Å². The number of amides is 6. The summed E-state index contributed by atoms with van der Waals surface area (Å²) in [6, 6.07) is 8.98. The van der Waals surface area contributed by atoms with Gasteiger partial charge in [-0.1, -0.05) is 64.1 Å². The molecule has 0 radical (unpaired) electrons. The van der Waals surface area contributed by atoms with Gasteiger partial charge in [-0.05, 0) is 35.3 Å². The molecule has 4 unspecified atom stereocenters. The molecule has 1 heterocycles. The monoisotopic (exact) mass is 663 g/mol. The topological polar surface area (TPSA) is 204 Å². The molecular weight excluding hydrogens is 614 g/mol. The second-order valence-electron chi connectivity index (χ2n) is 11.4. The van der Waals surface area contributed by atoms with Crippen molar-refractivity contribution >= 4 is 35.2 Å². The summed E-state index contributed by atoms with van der Waals surface area (Å²) < 4.78 is 0. The number of nitrogens with zero attached hydrogens (tertiary/aromatic N) is 1. The summed E-state index contributed by atoms with van der Waals surface area (Å²) in [4.78, 5) is 52.3. The summed E-state index contributed by atoms with van der Waals surface area (Å²) in [5, 5.41) is 46.2. The Labute approximate surface area is 274 Å². The van der Waals surface area contributed by atoms with Gasteiger partial charge in [0, 0.05) is 24.5 Å². The van der Waals surface area contributed by atoms with Crippen molar-refractivity contribution in [2.24, 2.45) is 11.8 Å². The predicted octanol–water partition coefficient (Wildman–Crippen LogP) is 0.822. The minimum Gasteiger partial charge on any atom is -0.395 e. The molecule has 0 fully saturated rings. The van der Waals surface area contributed by atoms with Crippen LogP contribution in [-0.4, -0.2) is 95.2 Å². The lowest BCUT2D eigenvalue weighted by Crippen LogP contribution is -2.56. The number of hydrogen-bond acceptors (Lipinski definition) is 9. The lowest BCUT2D eigenvalue weighted by Gasteiger charge is -2.31. The molecule has 15 heteroatoms. The second kappa shape index (κ2) is 20.4. The maximum absolute atomic E-state index is 13.4. The molecule has 4 atom stereocenters. The first-order valence-electron chi connectivity index (χ1n) is 15.4. The number of thiophene rings is 1. The van der Waals surface area contributed by atoms with Gasteiger partial charge in [-0.15, -0.1) is 11.3 Å². The molecule has 0 aliphatic heterocycles. The summed E-state index contributed by atoms with van der Waals surface area (Å²) in [7, 11) is 0. The molecule has 2 aromatic rings. The SMILES string of the molecule is CC(C)C(NC(=O)NCCO)C(=O)NC(c1ccccc1)C(O)CCN(Cc1cccs1)NC(=O)C(NC(=O)NCCO)C(C)C. The average molecular weight is 664 g/mol. The van der Waals surface area contributed by atoms with E-state index in [0.29, 0.717) is 12.1 Å². The molecule has 0 saturated heterocycles. The average Bonchev–Trinajstić information content (AvgIpc) is 3.54. The van der Waals surface area contributed by atoms with E-state index >= 15 is 0 Å². The highest BCUT2D eigenvalue weighted by atomic mass is 32.1. The minimum atomic E-state index is -1.09. The van der Waals surface area contributed by atoms with Crippen LogP contribution in [0, 0.1) is 11.8 Å². The molecule has 0 saturated carbocycles. The van der Waals surface area contributed by atoms with Gasteiger partial charge in [0.2, 0.25) is 5.91 Å². The quantitative estimate of drug-likeness (QED) is 0.0983. The zero-order valence-corrected chi connectivity index (χ0v) is 27.7. The van der Waals surface area contributed by atoms with Gasteiger partial charge in [-0.25, -0.2) is 14.6 Å². The van der Waals surface area contributed by atoms with Crippen molar-refractivity contribution in [1.82, 2.24) is 37.0 Å². The van der Waals surface area contributed by atoms with E-state index in [4.69, 9.17) is 10.2 Å². The van der Waals surface area contributed by atoms with E-state index < -0.39 is 48.1 Å². The van der Waals surface area contributed by atoms with E-state index in [1.807, 2.05) is 23.6 Å². The fourth-order valence-electron chi connectivity index (χ4n) is 4.54. The second-order valence-corrected chi connectivity index (χ2v) is 12.5. The van der Waals surface area contributed by atoms with Crippen LogP contribution in [0.1, 0.15) is 50.6 Å². The van der Waals surface area contributed by atoms with E-state index in [-0.39, 0.29) is 51.1 Å². The molecular formula is C31H49N7O7S. The van der Waals surface area contributed by atoms with Crippen LogP contribution in [0.3, 0.4) is 0 Å². The zero-order valence-electron chi connectivity index (χ0n) is 26.9. The number of aliphatic hydroxyl groups excluding tert-OH is 3. The van der Waals surface area contributed by atoms with Gasteiger partial charge < -0.3 is 41.9 Å². The van der Waals surface area contributed by atoms with Crippen LogP contribution >= 0.6 is 11.3 Å². The van der Waals surface area contributed by atoms with Crippen LogP contribution in [-0.2, 0) is 16.1 Å². The summed E-state index contributed by atoms with van der Waals surface area (Å²) in [5.74, 6) is -1.47. The van der Waals surface area contributed by atoms with Crippen LogP contribution in [0.5, 0.6) is 0 Å². The van der Waals surface area contributed by atoms with Crippen molar-refractivity contribution in [1.29, 1.82) is 0 Å². The highest BCUT2D eigenvalue weighted by Crippen LogP contribution is 2.21. The van der Waals surface area contributed by atoms with E-state index in [1.54, 1.807) is 57.0 Å². The first-order valence-corrected chi connectivity index (χ1v) is 16.3. The lowest BCUT2D eigenvalue weighted by molar-refractivity contribution is -0.129. The van der Waals surface area contributed by atoms with Crippen LogP contribution in [0.4, 0.5) is 9.59 Å². The summed E-state index contributed by atoms with van der Waals surface area (Å²) in [6.07, 6.45) is -0.952. The lowest BCUT2D eigenvalue weighted by atomic mass is 9.97. The van der Waals surface area contributed by atoms with Gasteiger partial charge >= 0.3 is 12.1 Å². The number of hydrogen-bond donors (Lipinski definition) is 9. The third-order valence-corrected chi connectivity index (χ3v) is 7.86. The van der Waals surface area contributed by atoms with Crippen molar-refractivity contribution in [3.05, 3.63) is 58.3 Å². The Morgan fingerprint density at radius 1 is 0.783 bits per heavy atom. The van der Waals surface area contributed by atoms with Gasteiger partial charge in [0.25, 0.3) is 5.91 Å². The number of rotatable bonds is 19. The third kappa shape index (κ3) is 13.3. The normalized spacial score (nSPS) is 13.9. The van der Waals surface area contributed by atoms with Crippen LogP contribution in [0.2, 0.25) is 0 Å². The molecule has 0 aliphatic rings. The summed E-state index contributed by atoms with van der Waals surface area (Å²) in [5.41, 5.74) is 3.54. The van der Waals surface area contributed by atoms with Crippen molar-refractivity contribution in [3.8, 4) is 0 Å². The Bertz CT molecular complexity index is 1200. The molecule has 2 rings (SSSR count). The maximum Gasteiger partial charge on any atom is 0.315 e. The summed E-state index contributed by atoms with van der Waals surface area (Å²) >= 11 is 1.50. The van der Waals surface area contributed by atoms with E-state index in [1.165, 1.54) is 11.3 Å². The Morgan fingerprint density at radius 2 is 1.35 bits per heavy atom. The van der Waals surface area contributed by atoms with Crippen LogP contribution < -0.4 is 32.0 Å². The molecule has 1 aromatic carbocycles. The van der Waals surface area contributed by atoms with E-state index in [2.05, 4.69) is 32.0 Å². The molecule has 0 aliphatic carbocycles. The minimum absolute atomic E-state index is 0.0347. The van der Waals surface area contributed by atoms with Crippen molar-refractivity contribution < 1.29 is 34.5 Å². The van der Waals surface area contributed by atoms with E-state index in [9.17, 15) is 24.3 Å². The highest BCUT2D eigenvalue weighted by Gasteiger charge is 2.31. The van der Waals surface area contributed by atoms with Gasteiger partial charge in [-0.3, -0.25) is 15.0 Å². The first-order chi connectivity index (χ1) is 22.0. The van der Waals surface area contributed by atoms with Gasteiger partial charge in [0.15, 0.2) is 0 Å². The largest absolute Gasteiger partial charge is 0.395 e. The smallest absolute Gasteiger partial charge is 0.315 e. The van der Waals surface area contributed by atoms with Crippen LogP contribution in [0.25, 0.3) is 0 Å². The van der Waals surface area contributed by atoms with Gasteiger partial charge in [0.1, 0.15) is 12.1 Å². The molecule has 256 valence electrons. The fourth-order valence-corrected chi connectivity index (χ4v) is 5.26. The van der Waals surface area contributed by atoms with Gasteiger partial charge in [0.05, 0.1) is 31.9 Å². The molecule has 46 heavy (non-hydrogen) atoms. The molecule has 9 N–H and O–H groups in total.